The van der Waals surface area contributed by atoms with E-state index in [0.29, 0.717) is 6.54 Å². The van der Waals surface area contributed by atoms with Crippen molar-refractivity contribution < 1.29 is 4.79 Å². The fraction of sp³-hybridized carbons (Fsp3) is 0.625. The van der Waals surface area contributed by atoms with E-state index in [1.54, 1.807) is 0 Å². The molecule has 0 aliphatic heterocycles. The Kier molecular flexibility index (Phi) is 3.77. The summed E-state index contributed by atoms with van der Waals surface area (Å²) in [5, 5.41) is 2.74. The molecule has 2 nitrogen and oxygen atoms in total. The molecule has 1 amide bonds. The van der Waals surface area contributed by atoms with E-state index >= 15 is 0 Å². The zero-order valence-electron chi connectivity index (χ0n) is 6.90. The molecule has 0 aromatic carbocycles. The zero-order valence-corrected chi connectivity index (χ0v) is 6.90. The molecule has 10 heavy (non-hydrogen) atoms. The Morgan fingerprint density at radius 3 is 2.40 bits per heavy atom. The minimum atomic E-state index is 0.0688. The van der Waals surface area contributed by atoms with Crippen LogP contribution in [0.1, 0.15) is 20.8 Å². The summed E-state index contributed by atoms with van der Waals surface area (Å²) in [6.45, 7) is 9.89. The number of amides is 1. The first-order chi connectivity index (χ1) is 4.54. The summed E-state index contributed by atoms with van der Waals surface area (Å²) < 4.78 is 0. The number of nitrogens with one attached hydrogen (secondary N) is 1. The Labute approximate surface area is 62.3 Å². The molecule has 0 saturated heterocycles. The van der Waals surface area contributed by atoms with Gasteiger partial charge in [0.1, 0.15) is 0 Å². The van der Waals surface area contributed by atoms with E-state index in [4.69, 9.17) is 0 Å². The summed E-state index contributed by atoms with van der Waals surface area (Å²) in [5.41, 5.74) is 0.981. The molecule has 0 unspecified atom stereocenters. The quantitative estimate of drug-likeness (QED) is 0.590. The van der Waals surface area contributed by atoms with E-state index < -0.39 is 0 Å². The molecule has 0 saturated carbocycles. The molecule has 1 N–H and O–H groups in total. The third-order valence-electron chi connectivity index (χ3n) is 1.09. The van der Waals surface area contributed by atoms with Crippen molar-refractivity contribution in [2.24, 2.45) is 5.92 Å². The molecule has 0 aliphatic rings. The highest BCUT2D eigenvalue weighted by Gasteiger charge is 2.03. The molecule has 0 rings (SSSR count). The Hall–Kier alpha value is -0.790. The molecule has 0 bridgehead atoms. The monoisotopic (exact) mass is 141 g/mol. The van der Waals surface area contributed by atoms with Crippen molar-refractivity contribution in [2.45, 2.75) is 20.8 Å². The first-order valence-corrected chi connectivity index (χ1v) is 3.46. The number of rotatable bonds is 3. The van der Waals surface area contributed by atoms with Gasteiger partial charge in [-0.15, -0.1) is 0 Å². The molecule has 0 aromatic heterocycles. The van der Waals surface area contributed by atoms with Gasteiger partial charge in [0, 0.05) is 12.5 Å². The first kappa shape index (κ1) is 9.21. The molecule has 0 aliphatic carbocycles. The van der Waals surface area contributed by atoms with Crippen LogP contribution in [0, 0.1) is 5.92 Å². The van der Waals surface area contributed by atoms with E-state index in [-0.39, 0.29) is 11.8 Å². The fourth-order valence-electron chi connectivity index (χ4n) is 0.442. The number of hydrogen-bond acceptors (Lipinski definition) is 1. The van der Waals surface area contributed by atoms with Crippen LogP contribution in [0.5, 0.6) is 0 Å². The summed E-state index contributed by atoms with van der Waals surface area (Å²) in [6, 6.07) is 0. The smallest absolute Gasteiger partial charge is 0.222 e. The van der Waals surface area contributed by atoms with Crippen LogP contribution in [0.4, 0.5) is 0 Å². The predicted molar refractivity (Wildman–Crippen MR) is 42.7 cm³/mol. The molecule has 58 valence electrons. The topological polar surface area (TPSA) is 29.1 Å². The highest BCUT2D eigenvalue weighted by molar-refractivity contribution is 5.77. The minimum Gasteiger partial charge on any atom is -0.352 e. The maximum Gasteiger partial charge on any atom is 0.222 e. The highest BCUT2D eigenvalue weighted by atomic mass is 16.1. The van der Waals surface area contributed by atoms with Crippen molar-refractivity contribution in [2.75, 3.05) is 6.54 Å². The Balaban J connectivity index is 3.50. The molecule has 0 spiro atoms. The van der Waals surface area contributed by atoms with Gasteiger partial charge in [-0.05, 0) is 6.92 Å². The van der Waals surface area contributed by atoms with Crippen LogP contribution in [0.15, 0.2) is 12.2 Å². The third-order valence-corrected chi connectivity index (χ3v) is 1.09. The SMILES string of the molecule is C=C(C)CNC(=O)C(C)C. The van der Waals surface area contributed by atoms with Gasteiger partial charge in [-0.1, -0.05) is 26.0 Å². The van der Waals surface area contributed by atoms with E-state index in [9.17, 15) is 4.79 Å². The fourth-order valence-corrected chi connectivity index (χ4v) is 0.442. The van der Waals surface area contributed by atoms with Crippen molar-refractivity contribution in [3.8, 4) is 0 Å². The maximum absolute atomic E-state index is 10.9. The number of hydrogen-bond donors (Lipinski definition) is 1. The molecular weight excluding hydrogens is 126 g/mol. The van der Waals surface area contributed by atoms with Gasteiger partial charge < -0.3 is 5.32 Å². The van der Waals surface area contributed by atoms with Crippen LogP contribution >= 0.6 is 0 Å². The molecule has 2 heteroatoms. The summed E-state index contributed by atoms with van der Waals surface area (Å²) >= 11 is 0. The average molecular weight is 141 g/mol. The van der Waals surface area contributed by atoms with Gasteiger partial charge in [-0.2, -0.15) is 0 Å². The molecule has 0 heterocycles. The Morgan fingerprint density at radius 1 is 1.60 bits per heavy atom. The van der Waals surface area contributed by atoms with Crippen molar-refractivity contribution >= 4 is 5.91 Å². The largest absolute Gasteiger partial charge is 0.352 e. The van der Waals surface area contributed by atoms with Gasteiger partial charge in [0.25, 0.3) is 0 Å². The Bertz CT molecular complexity index is 138. The first-order valence-electron chi connectivity index (χ1n) is 3.46. The van der Waals surface area contributed by atoms with Crippen LogP contribution in [0.3, 0.4) is 0 Å². The van der Waals surface area contributed by atoms with Crippen LogP contribution in [-0.2, 0) is 4.79 Å². The Morgan fingerprint density at radius 2 is 2.10 bits per heavy atom. The van der Waals surface area contributed by atoms with Gasteiger partial charge in [0.15, 0.2) is 0 Å². The second-order valence-electron chi connectivity index (χ2n) is 2.83. The predicted octanol–water partition coefficient (Wildman–Crippen LogP) is 1.33. The molecular formula is C8H15NO. The lowest BCUT2D eigenvalue weighted by atomic mass is 10.2. The lowest BCUT2D eigenvalue weighted by Crippen LogP contribution is -2.28. The molecule has 0 fully saturated rings. The van der Waals surface area contributed by atoms with Crippen LogP contribution in [0.2, 0.25) is 0 Å². The van der Waals surface area contributed by atoms with Gasteiger partial charge in [-0.3, -0.25) is 4.79 Å². The minimum absolute atomic E-state index is 0.0688. The van der Waals surface area contributed by atoms with Crippen molar-refractivity contribution in [3.05, 3.63) is 12.2 Å². The highest BCUT2D eigenvalue weighted by Crippen LogP contribution is 1.91. The normalized spacial score (nSPS) is 9.60. The lowest BCUT2D eigenvalue weighted by Gasteiger charge is -2.05. The standard InChI is InChI=1S/C8H15NO/c1-6(2)5-9-8(10)7(3)4/h7H,1,5H2,2-4H3,(H,9,10). The van der Waals surface area contributed by atoms with E-state index in [1.807, 2.05) is 20.8 Å². The maximum atomic E-state index is 10.9. The lowest BCUT2D eigenvalue weighted by molar-refractivity contribution is -0.123. The van der Waals surface area contributed by atoms with Crippen LogP contribution < -0.4 is 5.32 Å². The van der Waals surface area contributed by atoms with Crippen molar-refractivity contribution in [1.29, 1.82) is 0 Å². The number of carbonyl (C=O) groups is 1. The van der Waals surface area contributed by atoms with Crippen LogP contribution in [-0.4, -0.2) is 12.5 Å². The summed E-state index contributed by atoms with van der Waals surface area (Å²) in [4.78, 5) is 10.9. The summed E-state index contributed by atoms with van der Waals surface area (Å²) in [6.07, 6.45) is 0. The van der Waals surface area contributed by atoms with Gasteiger partial charge in [-0.25, -0.2) is 0 Å². The van der Waals surface area contributed by atoms with Gasteiger partial charge in [0.2, 0.25) is 5.91 Å². The second-order valence-corrected chi connectivity index (χ2v) is 2.83. The van der Waals surface area contributed by atoms with Gasteiger partial charge >= 0.3 is 0 Å². The number of carbonyl (C=O) groups excluding carboxylic acids is 1. The zero-order chi connectivity index (χ0) is 8.15. The van der Waals surface area contributed by atoms with E-state index in [1.165, 1.54) is 0 Å². The third kappa shape index (κ3) is 4.13. The summed E-state index contributed by atoms with van der Waals surface area (Å²) in [7, 11) is 0. The summed E-state index contributed by atoms with van der Waals surface area (Å²) in [5.74, 6) is 0.155. The average Bonchev–Trinajstić information content (AvgIpc) is 1.82. The molecule has 0 aromatic rings. The van der Waals surface area contributed by atoms with Gasteiger partial charge in [0.05, 0.1) is 0 Å². The second kappa shape index (κ2) is 4.09. The van der Waals surface area contributed by atoms with Crippen molar-refractivity contribution in [1.82, 2.24) is 5.32 Å². The molecule has 0 radical (unpaired) electrons. The van der Waals surface area contributed by atoms with E-state index in [2.05, 4.69) is 11.9 Å². The molecule has 0 atom stereocenters. The van der Waals surface area contributed by atoms with Crippen molar-refractivity contribution in [3.63, 3.8) is 0 Å². The van der Waals surface area contributed by atoms with Crippen LogP contribution in [0.25, 0.3) is 0 Å². The van der Waals surface area contributed by atoms with E-state index in [0.717, 1.165) is 5.57 Å².